The zero-order valence-corrected chi connectivity index (χ0v) is 15.3. The number of carbonyl (C=O) groups is 1. The van der Waals surface area contributed by atoms with Crippen LogP contribution < -0.4 is 19.9 Å². The second-order valence-electron chi connectivity index (χ2n) is 6.26. The molecule has 1 aliphatic rings. The lowest BCUT2D eigenvalue weighted by Crippen LogP contribution is -3.12. The zero-order chi connectivity index (χ0) is 17.8. The van der Waals surface area contributed by atoms with E-state index >= 15 is 0 Å². The second kappa shape index (κ2) is 7.76. The molecule has 132 valence electrons. The van der Waals surface area contributed by atoms with E-state index in [9.17, 15) is 4.79 Å². The van der Waals surface area contributed by atoms with Gasteiger partial charge in [-0.2, -0.15) is 0 Å². The average molecular weight is 361 g/mol. The quantitative estimate of drug-likeness (QED) is 0.876. The molecule has 5 nitrogen and oxygen atoms in total. The Hall–Kier alpha value is -2.24. The van der Waals surface area contributed by atoms with Crippen molar-refractivity contribution in [2.75, 3.05) is 50.6 Å². The van der Waals surface area contributed by atoms with Crippen LogP contribution in [-0.2, 0) is 0 Å². The largest absolute Gasteiger partial charge is 0.495 e. The Labute approximate surface area is 153 Å². The zero-order valence-electron chi connectivity index (χ0n) is 14.5. The number of carbonyl (C=O) groups excluding carboxylic acids is 1. The number of likely N-dealkylation sites (N-methyl/N-ethyl adjacent to an activating group) is 1. The van der Waals surface area contributed by atoms with Crippen molar-refractivity contribution in [3.8, 4) is 5.75 Å². The molecule has 0 bridgehead atoms. The number of amides is 1. The van der Waals surface area contributed by atoms with Crippen LogP contribution in [0.3, 0.4) is 0 Å². The van der Waals surface area contributed by atoms with Crippen molar-refractivity contribution in [2.45, 2.75) is 0 Å². The maximum Gasteiger partial charge on any atom is 0.255 e. The monoisotopic (exact) mass is 360 g/mol. The summed E-state index contributed by atoms with van der Waals surface area (Å²) in [6.45, 7) is 4.15. The number of rotatable bonds is 4. The van der Waals surface area contributed by atoms with Crippen molar-refractivity contribution in [2.24, 2.45) is 0 Å². The number of anilines is 2. The van der Waals surface area contributed by atoms with Gasteiger partial charge in [0.2, 0.25) is 0 Å². The standard InChI is InChI=1S/C19H22ClN3O2/c1-22-9-11-23(12-10-22)17-6-4-3-5-16(17)21-19(24)14-7-8-18(25-2)15(20)13-14/h3-8,13H,9-12H2,1-2H3,(H,21,24)/p+1. The number of para-hydroxylation sites is 2. The highest BCUT2D eigenvalue weighted by molar-refractivity contribution is 6.32. The lowest BCUT2D eigenvalue weighted by Gasteiger charge is -2.33. The normalized spacial score (nSPS) is 15.1. The van der Waals surface area contributed by atoms with Crippen molar-refractivity contribution in [1.29, 1.82) is 0 Å². The van der Waals surface area contributed by atoms with Crippen LogP contribution in [0.25, 0.3) is 0 Å². The predicted octanol–water partition coefficient (Wildman–Crippen LogP) is 1.94. The Morgan fingerprint density at radius 3 is 2.60 bits per heavy atom. The van der Waals surface area contributed by atoms with Crippen LogP contribution in [0, 0.1) is 0 Å². The first-order valence-corrected chi connectivity index (χ1v) is 8.76. The van der Waals surface area contributed by atoms with Crippen molar-refractivity contribution in [3.63, 3.8) is 0 Å². The molecule has 0 atom stereocenters. The Bertz CT molecular complexity index is 758. The van der Waals surface area contributed by atoms with Gasteiger partial charge >= 0.3 is 0 Å². The van der Waals surface area contributed by atoms with Crippen LogP contribution in [0.4, 0.5) is 11.4 Å². The Morgan fingerprint density at radius 2 is 1.92 bits per heavy atom. The van der Waals surface area contributed by atoms with E-state index in [0.29, 0.717) is 16.3 Å². The number of hydrogen-bond acceptors (Lipinski definition) is 3. The fourth-order valence-electron chi connectivity index (χ4n) is 2.99. The van der Waals surface area contributed by atoms with Gasteiger partial charge in [-0.05, 0) is 30.3 Å². The highest BCUT2D eigenvalue weighted by atomic mass is 35.5. The van der Waals surface area contributed by atoms with Crippen molar-refractivity contribution >= 4 is 28.9 Å². The van der Waals surface area contributed by atoms with Gasteiger partial charge in [-0.25, -0.2) is 0 Å². The predicted molar refractivity (Wildman–Crippen MR) is 101 cm³/mol. The molecule has 1 heterocycles. The van der Waals surface area contributed by atoms with Gasteiger partial charge in [-0.1, -0.05) is 23.7 Å². The fraction of sp³-hybridized carbons (Fsp3) is 0.316. The van der Waals surface area contributed by atoms with Gasteiger partial charge < -0.3 is 19.9 Å². The van der Waals surface area contributed by atoms with Crippen LogP contribution in [0.2, 0.25) is 5.02 Å². The maximum absolute atomic E-state index is 12.6. The number of nitrogens with one attached hydrogen (secondary N) is 2. The van der Waals surface area contributed by atoms with Crippen LogP contribution in [-0.4, -0.2) is 46.2 Å². The molecule has 0 saturated carbocycles. The van der Waals surface area contributed by atoms with Crippen LogP contribution in [0.15, 0.2) is 42.5 Å². The summed E-state index contributed by atoms with van der Waals surface area (Å²) >= 11 is 6.13. The molecule has 1 aliphatic heterocycles. The second-order valence-corrected chi connectivity index (χ2v) is 6.67. The topological polar surface area (TPSA) is 46.0 Å². The van der Waals surface area contributed by atoms with Crippen molar-refractivity contribution in [1.82, 2.24) is 0 Å². The number of hydrogen-bond donors (Lipinski definition) is 2. The molecule has 0 unspecified atom stereocenters. The Morgan fingerprint density at radius 1 is 1.20 bits per heavy atom. The highest BCUT2D eigenvalue weighted by Gasteiger charge is 2.20. The first-order chi connectivity index (χ1) is 12.1. The van der Waals surface area contributed by atoms with Gasteiger partial charge in [-0.15, -0.1) is 0 Å². The van der Waals surface area contributed by atoms with Crippen LogP contribution in [0.5, 0.6) is 5.75 Å². The molecular weight excluding hydrogens is 338 g/mol. The molecule has 2 aromatic carbocycles. The lowest BCUT2D eigenvalue weighted by molar-refractivity contribution is -0.880. The van der Waals surface area contributed by atoms with Gasteiger partial charge in [-0.3, -0.25) is 4.79 Å². The summed E-state index contributed by atoms with van der Waals surface area (Å²) in [4.78, 5) is 16.5. The van der Waals surface area contributed by atoms with Crippen LogP contribution in [0.1, 0.15) is 10.4 Å². The van der Waals surface area contributed by atoms with Gasteiger partial charge in [0.05, 0.1) is 56.7 Å². The van der Waals surface area contributed by atoms with Crippen molar-refractivity contribution < 1.29 is 14.4 Å². The molecular formula is C19H23ClN3O2+. The summed E-state index contributed by atoms with van der Waals surface area (Å²) in [5, 5.41) is 3.43. The molecule has 0 radical (unpaired) electrons. The number of nitrogens with zero attached hydrogens (tertiary/aromatic N) is 1. The number of quaternary nitrogens is 1. The summed E-state index contributed by atoms with van der Waals surface area (Å²) in [6, 6.07) is 13.0. The number of halogens is 1. The number of piperazine rings is 1. The molecule has 1 amide bonds. The summed E-state index contributed by atoms with van der Waals surface area (Å²) < 4.78 is 5.13. The summed E-state index contributed by atoms with van der Waals surface area (Å²) in [5.74, 6) is 0.371. The van der Waals surface area contributed by atoms with E-state index in [1.165, 1.54) is 4.90 Å². The van der Waals surface area contributed by atoms with E-state index < -0.39 is 0 Å². The van der Waals surface area contributed by atoms with Gasteiger partial charge in [0.25, 0.3) is 5.91 Å². The summed E-state index contributed by atoms with van der Waals surface area (Å²) in [7, 11) is 3.76. The molecule has 0 spiro atoms. The molecule has 25 heavy (non-hydrogen) atoms. The van der Waals surface area contributed by atoms with Crippen LogP contribution >= 0.6 is 11.6 Å². The summed E-state index contributed by atoms with van der Waals surface area (Å²) in [5.41, 5.74) is 2.38. The molecule has 2 aromatic rings. The molecule has 6 heteroatoms. The molecule has 0 aliphatic carbocycles. The van der Waals surface area contributed by atoms with Gasteiger partial charge in [0, 0.05) is 5.56 Å². The van der Waals surface area contributed by atoms with Gasteiger partial charge in [0.15, 0.2) is 0 Å². The molecule has 0 aromatic heterocycles. The minimum absolute atomic E-state index is 0.184. The Balaban J connectivity index is 1.79. The fourth-order valence-corrected chi connectivity index (χ4v) is 3.24. The summed E-state index contributed by atoms with van der Waals surface area (Å²) in [6.07, 6.45) is 0. The molecule has 3 rings (SSSR count). The maximum atomic E-state index is 12.6. The van der Waals surface area contributed by atoms with E-state index in [-0.39, 0.29) is 5.91 Å². The third-order valence-corrected chi connectivity index (χ3v) is 4.82. The number of methoxy groups -OCH3 is 1. The SMILES string of the molecule is COc1ccc(C(=O)Nc2ccccc2N2CC[NH+](C)CC2)cc1Cl. The van der Waals surface area contributed by atoms with E-state index in [1.54, 1.807) is 25.3 Å². The number of benzene rings is 2. The molecule has 1 fully saturated rings. The smallest absolute Gasteiger partial charge is 0.255 e. The minimum atomic E-state index is -0.184. The molecule has 1 saturated heterocycles. The van der Waals surface area contributed by atoms with E-state index in [4.69, 9.17) is 16.3 Å². The van der Waals surface area contributed by atoms with E-state index in [1.807, 2.05) is 18.2 Å². The van der Waals surface area contributed by atoms with E-state index in [2.05, 4.69) is 23.3 Å². The van der Waals surface area contributed by atoms with Gasteiger partial charge in [0.1, 0.15) is 5.75 Å². The van der Waals surface area contributed by atoms with Crippen molar-refractivity contribution in [3.05, 3.63) is 53.1 Å². The van der Waals surface area contributed by atoms with E-state index in [0.717, 1.165) is 37.6 Å². The first-order valence-electron chi connectivity index (χ1n) is 8.38. The lowest BCUT2D eigenvalue weighted by atomic mass is 10.1. The molecule has 2 N–H and O–H groups in total. The average Bonchev–Trinajstić information content (AvgIpc) is 2.63. The Kier molecular flexibility index (Phi) is 5.46. The third kappa shape index (κ3) is 4.06. The first kappa shape index (κ1) is 17.6. The third-order valence-electron chi connectivity index (χ3n) is 4.52. The highest BCUT2D eigenvalue weighted by Crippen LogP contribution is 2.28. The minimum Gasteiger partial charge on any atom is -0.495 e. The number of ether oxygens (including phenoxy) is 1.